The van der Waals surface area contributed by atoms with Crippen LogP contribution in [0.4, 0.5) is 5.69 Å². The molecule has 236 valence electrons. The molecule has 4 heterocycles. The monoisotopic (exact) mass is 599 g/mol. The zero-order valence-corrected chi connectivity index (χ0v) is 27.2. The average molecular weight is 600 g/mol. The van der Waals surface area contributed by atoms with Gasteiger partial charge in [-0.2, -0.15) is 0 Å². The zero-order chi connectivity index (χ0) is 31.4. The minimum atomic E-state index is -0.184. The Balaban J connectivity index is 1.48. The van der Waals surface area contributed by atoms with E-state index >= 15 is 0 Å². The second-order valence-electron chi connectivity index (χ2n) is 12.7. The summed E-state index contributed by atoms with van der Waals surface area (Å²) in [6.45, 7) is 18.4. The van der Waals surface area contributed by atoms with E-state index in [9.17, 15) is 9.59 Å². The Morgan fingerprint density at radius 3 is 2.41 bits per heavy atom. The summed E-state index contributed by atoms with van der Waals surface area (Å²) in [7, 11) is 0. The molecule has 0 unspecified atom stereocenters. The van der Waals surface area contributed by atoms with Crippen molar-refractivity contribution < 1.29 is 4.79 Å². The van der Waals surface area contributed by atoms with Crippen molar-refractivity contribution in [3.63, 3.8) is 0 Å². The van der Waals surface area contributed by atoms with Gasteiger partial charge < -0.3 is 25.8 Å². The van der Waals surface area contributed by atoms with Gasteiger partial charge in [0.1, 0.15) is 0 Å². The normalized spacial score (nSPS) is 20.8. The van der Waals surface area contributed by atoms with E-state index < -0.39 is 0 Å². The highest BCUT2D eigenvalue weighted by Crippen LogP contribution is 2.34. The van der Waals surface area contributed by atoms with Gasteiger partial charge in [-0.25, -0.2) is 0 Å². The minimum absolute atomic E-state index is 0.160. The van der Waals surface area contributed by atoms with Crippen LogP contribution in [0.3, 0.4) is 0 Å². The Labute approximate surface area is 261 Å². The van der Waals surface area contributed by atoms with Gasteiger partial charge in [0.05, 0.1) is 5.69 Å². The fourth-order valence-corrected chi connectivity index (χ4v) is 6.97. The van der Waals surface area contributed by atoms with Gasteiger partial charge in [0.25, 0.3) is 11.5 Å². The lowest BCUT2D eigenvalue weighted by Gasteiger charge is -2.41. The van der Waals surface area contributed by atoms with E-state index in [4.69, 9.17) is 4.98 Å². The van der Waals surface area contributed by atoms with Crippen LogP contribution in [0.15, 0.2) is 41.3 Å². The fourth-order valence-electron chi connectivity index (χ4n) is 6.97. The molecule has 0 spiro atoms. The molecule has 9 heteroatoms. The number of nitrogens with one attached hydrogen (secondary N) is 4. The predicted octanol–water partition coefficient (Wildman–Crippen LogP) is 4.05. The molecule has 0 saturated carbocycles. The average Bonchev–Trinajstić information content (AvgIpc) is 2.98. The number of H-pyrrole nitrogens is 1. The first-order chi connectivity index (χ1) is 21.1. The Morgan fingerprint density at radius 2 is 1.77 bits per heavy atom. The number of piperidine rings is 1. The number of aromatic nitrogens is 2. The van der Waals surface area contributed by atoms with Crippen molar-refractivity contribution in [2.45, 2.75) is 85.6 Å². The number of anilines is 1. The molecule has 0 radical (unpaired) electrons. The number of benzene rings is 1. The number of nitrogens with zero attached hydrogens (tertiary/aromatic N) is 3. The third-order valence-corrected chi connectivity index (χ3v) is 9.21. The maximum Gasteiger partial charge on any atom is 0.253 e. The first-order valence-corrected chi connectivity index (χ1v) is 16.2. The van der Waals surface area contributed by atoms with Crippen LogP contribution in [0.25, 0.3) is 11.1 Å². The molecule has 2 aromatic heterocycles. The van der Waals surface area contributed by atoms with Crippen LogP contribution in [-0.4, -0.2) is 71.6 Å². The van der Waals surface area contributed by atoms with Crippen molar-refractivity contribution in [3.8, 4) is 11.1 Å². The molecular weight excluding hydrogens is 550 g/mol. The summed E-state index contributed by atoms with van der Waals surface area (Å²) in [5.74, 6) is -0.184. The van der Waals surface area contributed by atoms with Crippen molar-refractivity contribution in [2.75, 3.05) is 37.6 Å². The summed E-state index contributed by atoms with van der Waals surface area (Å²) in [4.78, 5) is 39.1. The predicted molar refractivity (Wildman–Crippen MR) is 178 cm³/mol. The minimum Gasteiger partial charge on any atom is -0.368 e. The molecular formula is C35H49N7O2. The molecule has 5 rings (SSSR count). The number of pyridine rings is 2. The molecule has 1 amide bonds. The van der Waals surface area contributed by atoms with Gasteiger partial charge in [-0.05, 0) is 95.3 Å². The third-order valence-electron chi connectivity index (χ3n) is 9.21. The molecule has 2 saturated heterocycles. The first kappa shape index (κ1) is 31.9. The second kappa shape index (κ2) is 14.1. The van der Waals surface area contributed by atoms with E-state index in [1.165, 1.54) is 0 Å². The quantitative estimate of drug-likeness (QED) is 0.294. The third kappa shape index (κ3) is 7.39. The summed E-state index contributed by atoms with van der Waals surface area (Å²) < 4.78 is 0. The Morgan fingerprint density at radius 1 is 1.05 bits per heavy atom. The summed E-state index contributed by atoms with van der Waals surface area (Å²) in [5, 5.41) is 10.1. The zero-order valence-electron chi connectivity index (χ0n) is 27.2. The van der Waals surface area contributed by atoms with Crippen molar-refractivity contribution in [1.82, 2.24) is 30.8 Å². The number of hydrogen-bond acceptors (Lipinski definition) is 7. The summed E-state index contributed by atoms with van der Waals surface area (Å²) in [6.07, 6.45) is 4.02. The number of aryl methyl sites for hydroxylation is 2. The van der Waals surface area contributed by atoms with Crippen molar-refractivity contribution in [1.29, 1.82) is 0 Å². The number of piperazine rings is 1. The fraction of sp³-hybridized carbons (Fsp3) is 0.514. The summed E-state index contributed by atoms with van der Waals surface area (Å²) in [5.41, 5.74) is 7.75. The van der Waals surface area contributed by atoms with Gasteiger partial charge in [0.2, 0.25) is 0 Å². The highest BCUT2D eigenvalue weighted by Gasteiger charge is 2.29. The highest BCUT2D eigenvalue weighted by molar-refractivity contribution is 5.99. The largest absolute Gasteiger partial charge is 0.368 e. The van der Waals surface area contributed by atoms with Crippen LogP contribution in [0.5, 0.6) is 0 Å². The number of rotatable bonds is 9. The number of amides is 1. The number of carbonyl (C=O) groups excluding carboxylic acids is 1. The number of aromatic amines is 1. The number of hydrogen-bond donors (Lipinski definition) is 4. The topological polar surface area (TPSA) is 105 Å². The van der Waals surface area contributed by atoms with E-state index in [1.54, 1.807) is 0 Å². The van der Waals surface area contributed by atoms with E-state index in [1.807, 2.05) is 39.1 Å². The molecule has 2 atom stereocenters. The molecule has 2 aliphatic heterocycles. The number of carbonyl (C=O) groups is 1. The van der Waals surface area contributed by atoms with Gasteiger partial charge in [0.15, 0.2) is 0 Å². The lowest BCUT2D eigenvalue weighted by molar-refractivity contribution is 0.0950. The van der Waals surface area contributed by atoms with Crippen LogP contribution in [-0.2, 0) is 13.1 Å². The molecule has 0 aliphatic carbocycles. The molecule has 4 N–H and O–H groups in total. The Kier molecular flexibility index (Phi) is 10.2. The lowest BCUT2D eigenvalue weighted by atomic mass is 9.91. The standard InChI is InChI=1S/C35H49N7O2/c1-7-42(30-15-24(4)39-25(5)16-30)33-18-28(27-8-9-29(37-19-27)21-41-12-10-36-11-13-41)17-31(26(33)6)34(43)38-20-32-22(2)14-23(3)40-35(32)44/h8-9,14,17-19,24-25,30,36,39H,7,10-13,15-16,20-21H2,1-6H3,(H,38,43)(H,40,44)/t24-,25-/m1/s1. The van der Waals surface area contributed by atoms with Gasteiger partial charge >= 0.3 is 0 Å². The van der Waals surface area contributed by atoms with Gasteiger partial charge in [-0.1, -0.05) is 6.07 Å². The van der Waals surface area contributed by atoms with E-state index in [-0.39, 0.29) is 18.0 Å². The Hall–Kier alpha value is -3.53. The van der Waals surface area contributed by atoms with E-state index in [0.29, 0.717) is 29.3 Å². The van der Waals surface area contributed by atoms with Crippen molar-refractivity contribution in [3.05, 3.63) is 80.5 Å². The van der Waals surface area contributed by atoms with Gasteiger partial charge in [0, 0.05) is 98.2 Å². The van der Waals surface area contributed by atoms with E-state index in [0.717, 1.165) is 91.4 Å². The van der Waals surface area contributed by atoms with Gasteiger partial charge in [-0.15, -0.1) is 0 Å². The Bertz CT molecular complexity index is 1500. The van der Waals surface area contributed by atoms with Crippen LogP contribution >= 0.6 is 0 Å². The maximum atomic E-state index is 13.9. The smallest absolute Gasteiger partial charge is 0.253 e. The van der Waals surface area contributed by atoms with Gasteiger partial charge in [-0.3, -0.25) is 19.5 Å². The molecule has 3 aromatic rings. The highest BCUT2D eigenvalue weighted by atomic mass is 16.1. The maximum absolute atomic E-state index is 13.9. The van der Waals surface area contributed by atoms with Crippen LogP contribution in [0.1, 0.15) is 72.0 Å². The molecule has 1 aromatic carbocycles. The molecule has 2 aliphatic rings. The molecule has 9 nitrogen and oxygen atoms in total. The van der Waals surface area contributed by atoms with Crippen LogP contribution in [0, 0.1) is 20.8 Å². The van der Waals surface area contributed by atoms with Crippen molar-refractivity contribution in [2.24, 2.45) is 0 Å². The summed E-state index contributed by atoms with van der Waals surface area (Å²) >= 11 is 0. The molecule has 2 fully saturated rings. The van der Waals surface area contributed by atoms with Crippen LogP contribution in [0.2, 0.25) is 0 Å². The first-order valence-electron chi connectivity index (χ1n) is 16.2. The molecule has 44 heavy (non-hydrogen) atoms. The summed E-state index contributed by atoms with van der Waals surface area (Å²) in [6, 6.07) is 11.6. The second-order valence-corrected chi connectivity index (χ2v) is 12.7. The lowest BCUT2D eigenvalue weighted by Crippen LogP contribution is -2.51. The van der Waals surface area contributed by atoms with Crippen molar-refractivity contribution >= 4 is 11.6 Å². The van der Waals surface area contributed by atoms with Crippen LogP contribution < -0.4 is 26.4 Å². The molecule has 0 bridgehead atoms. The SMILES string of the molecule is CCN(c1cc(-c2ccc(CN3CCNCC3)nc2)cc(C(=O)NCc2c(C)cc(C)[nH]c2=O)c1C)C1C[C@@H](C)N[C@H](C)C1. The van der Waals surface area contributed by atoms with E-state index in [2.05, 4.69) is 69.7 Å².